The van der Waals surface area contributed by atoms with Crippen LogP contribution in [0.2, 0.25) is 0 Å². The van der Waals surface area contributed by atoms with Crippen molar-refractivity contribution in [1.29, 1.82) is 0 Å². The highest BCUT2D eigenvalue weighted by molar-refractivity contribution is 5.87. The van der Waals surface area contributed by atoms with Crippen molar-refractivity contribution in [2.24, 2.45) is 17.3 Å². The molecule has 2 aromatic carbocycles. The zero-order chi connectivity index (χ0) is 43.0. The van der Waals surface area contributed by atoms with E-state index < -0.39 is 24.3 Å². The summed E-state index contributed by atoms with van der Waals surface area (Å²) in [6, 6.07) is 11.4. The van der Waals surface area contributed by atoms with Crippen molar-refractivity contribution < 1.29 is 28.7 Å². The molecule has 4 heterocycles. The van der Waals surface area contributed by atoms with E-state index in [1.807, 2.05) is 49.9 Å². The number of alkyl carbamates (subject to hydrolysis) is 2. The molecule has 4 aliphatic rings. The average molecular weight is 833 g/mol. The van der Waals surface area contributed by atoms with E-state index in [9.17, 15) is 19.2 Å². The number of hydrogen-bond acceptors (Lipinski definition) is 8. The highest BCUT2D eigenvalue weighted by atomic mass is 16.5. The van der Waals surface area contributed by atoms with Crippen LogP contribution in [-0.2, 0) is 31.9 Å². The van der Waals surface area contributed by atoms with Gasteiger partial charge in [-0.3, -0.25) is 9.59 Å². The van der Waals surface area contributed by atoms with Crippen LogP contribution in [0.25, 0.3) is 33.6 Å². The zero-order valence-corrected chi connectivity index (χ0v) is 36.3. The Morgan fingerprint density at radius 2 is 1.20 bits per heavy atom. The van der Waals surface area contributed by atoms with Gasteiger partial charge in [0.05, 0.1) is 50.1 Å². The smallest absolute Gasteiger partial charge is 0.407 e. The van der Waals surface area contributed by atoms with Gasteiger partial charge < -0.3 is 39.9 Å². The fraction of sp³-hybridized carbons (Fsp3) is 0.532. The summed E-state index contributed by atoms with van der Waals surface area (Å²) in [5, 5.41) is 5.47. The molecule has 1 saturated carbocycles. The summed E-state index contributed by atoms with van der Waals surface area (Å²) in [7, 11) is 2.61. The minimum Gasteiger partial charge on any atom is -0.453 e. The summed E-state index contributed by atoms with van der Waals surface area (Å²) in [6.07, 6.45) is 13.0. The van der Waals surface area contributed by atoms with Gasteiger partial charge in [-0.05, 0) is 103 Å². The van der Waals surface area contributed by atoms with Crippen molar-refractivity contribution in [2.45, 2.75) is 116 Å². The highest BCUT2D eigenvalue weighted by Gasteiger charge is 2.42. The number of imidazole rings is 2. The average Bonchev–Trinajstić information content (AvgIpc) is 4.12. The van der Waals surface area contributed by atoms with E-state index in [0.29, 0.717) is 18.5 Å². The molecule has 8 rings (SSSR count). The van der Waals surface area contributed by atoms with Crippen LogP contribution in [0, 0.1) is 17.3 Å². The quantitative estimate of drug-likeness (QED) is 0.118. The molecule has 2 aliphatic heterocycles. The first-order valence-electron chi connectivity index (χ1n) is 22.1. The molecule has 2 aromatic heterocycles. The molecular weight excluding hydrogens is 773 g/mol. The Balaban J connectivity index is 1.04. The molecule has 0 unspecified atom stereocenters. The van der Waals surface area contributed by atoms with Gasteiger partial charge in [0.15, 0.2) is 0 Å². The summed E-state index contributed by atoms with van der Waals surface area (Å²) in [5.74, 6) is 1.02. The van der Waals surface area contributed by atoms with E-state index in [-0.39, 0.29) is 35.7 Å². The normalized spacial score (nSPS) is 20.3. The Hall–Kier alpha value is -5.66. The van der Waals surface area contributed by atoms with Crippen molar-refractivity contribution in [2.75, 3.05) is 27.3 Å². The van der Waals surface area contributed by atoms with Crippen LogP contribution in [0.4, 0.5) is 9.59 Å². The predicted molar refractivity (Wildman–Crippen MR) is 231 cm³/mol. The maximum absolute atomic E-state index is 13.9. The van der Waals surface area contributed by atoms with Crippen molar-refractivity contribution in [3.8, 4) is 33.6 Å². The van der Waals surface area contributed by atoms with E-state index in [1.54, 1.807) is 0 Å². The van der Waals surface area contributed by atoms with Crippen LogP contribution < -0.4 is 10.6 Å². The van der Waals surface area contributed by atoms with E-state index in [4.69, 9.17) is 19.4 Å². The predicted octanol–water partition coefficient (Wildman–Crippen LogP) is 7.88. The Morgan fingerprint density at radius 1 is 0.689 bits per heavy atom. The van der Waals surface area contributed by atoms with Gasteiger partial charge in [-0.15, -0.1) is 0 Å². The Morgan fingerprint density at radius 3 is 1.72 bits per heavy atom. The van der Waals surface area contributed by atoms with Gasteiger partial charge in [0.1, 0.15) is 23.7 Å². The van der Waals surface area contributed by atoms with Gasteiger partial charge in [0, 0.05) is 18.7 Å². The highest BCUT2D eigenvalue weighted by Crippen LogP contribution is 2.52. The van der Waals surface area contributed by atoms with E-state index in [2.05, 4.69) is 57.0 Å². The van der Waals surface area contributed by atoms with Crippen molar-refractivity contribution in [3.05, 3.63) is 71.6 Å². The number of benzene rings is 2. The second-order valence-electron chi connectivity index (χ2n) is 18.3. The number of likely N-dealkylation sites (tertiary alicyclic amines) is 2. The van der Waals surface area contributed by atoms with Crippen LogP contribution in [0.15, 0.2) is 48.8 Å². The summed E-state index contributed by atoms with van der Waals surface area (Å²) < 4.78 is 9.62. The number of hydrogen-bond donors (Lipinski definition) is 4. The first-order valence-corrected chi connectivity index (χ1v) is 22.1. The molecule has 324 valence electrons. The first-order chi connectivity index (χ1) is 29.4. The number of fused-ring (bicyclic) bond motifs is 1. The SMILES string of the molecule is COC(=O)N[C@H](C(=O)N1CCC[C@H]1c1ncc(-c2ccc(-c3cc4c(c(-c5cnc([C@@H]6CCCN6C(=O)[C@@H](NC(=O)OC)C(C)C)[nH]5)c3)CC3(CCCC3)C4)cc2)[nH]1)C(C)C. The molecule has 14 heteroatoms. The number of methoxy groups -OCH3 is 2. The first kappa shape index (κ1) is 42.0. The standard InChI is InChI=1S/C47H60N8O6/c1-27(2)39(52-45(58)60-5)43(56)54-19-9-11-37(54)41-48-25-35(50-41)30-15-13-29(14-16-30)31-21-32-23-47(17-7-8-18-47)24-34(32)33(22-31)36-26-49-42(51-36)38-12-10-20-55(38)44(57)40(28(3)4)53-46(59)61-6/h13-16,21-22,25-28,37-40H,7-12,17-20,23-24H2,1-6H3,(H,48,50)(H,49,51)(H,52,58)(H,53,59)/t37-,38-,39-,40-/m0/s1. The molecule has 0 bridgehead atoms. The second-order valence-corrected chi connectivity index (χ2v) is 18.3. The molecule has 0 radical (unpaired) electrons. The molecule has 4 aromatic rings. The second kappa shape index (κ2) is 17.4. The molecule has 61 heavy (non-hydrogen) atoms. The zero-order valence-electron chi connectivity index (χ0n) is 36.3. The van der Waals surface area contributed by atoms with Crippen LogP contribution >= 0.6 is 0 Å². The lowest BCUT2D eigenvalue weighted by atomic mass is 9.83. The number of nitrogens with zero attached hydrogens (tertiary/aromatic N) is 4. The third-order valence-corrected chi connectivity index (χ3v) is 13.6. The Labute approximate surface area is 358 Å². The van der Waals surface area contributed by atoms with Crippen molar-refractivity contribution >= 4 is 24.0 Å². The topological polar surface area (TPSA) is 175 Å². The molecule has 2 aliphatic carbocycles. The largest absolute Gasteiger partial charge is 0.453 e. The fourth-order valence-corrected chi connectivity index (χ4v) is 10.3. The molecule has 1 spiro atoms. The van der Waals surface area contributed by atoms with E-state index in [1.165, 1.54) is 51.0 Å². The lowest BCUT2D eigenvalue weighted by Crippen LogP contribution is -2.51. The molecule has 4 amide bonds. The summed E-state index contributed by atoms with van der Waals surface area (Å²) in [6.45, 7) is 8.87. The van der Waals surface area contributed by atoms with Crippen LogP contribution in [-0.4, -0.2) is 93.1 Å². The number of ether oxygens (including phenoxy) is 2. The molecule has 4 atom stereocenters. The summed E-state index contributed by atoms with van der Waals surface area (Å²) in [5.41, 5.74) is 9.33. The van der Waals surface area contributed by atoms with E-state index >= 15 is 0 Å². The van der Waals surface area contributed by atoms with Crippen molar-refractivity contribution in [3.63, 3.8) is 0 Å². The minimum absolute atomic E-state index is 0.108. The molecule has 2 saturated heterocycles. The third-order valence-electron chi connectivity index (χ3n) is 13.6. The summed E-state index contributed by atoms with van der Waals surface area (Å²) in [4.78, 5) is 72.3. The fourth-order valence-electron chi connectivity index (χ4n) is 10.3. The van der Waals surface area contributed by atoms with Gasteiger partial charge in [-0.25, -0.2) is 19.6 Å². The van der Waals surface area contributed by atoms with Gasteiger partial charge in [-0.1, -0.05) is 70.9 Å². The van der Waals surface area contributed by atoms with Gasteiger partial charge in [-0.2, -0.15) is 0 Å². The monoisotopic (exact) mass is 832 g/mol. The van der Waals surface area contributed by atoms with E-state index in [0.717, 1.165) is 83.8 Å². The number of aromatic amines is 2. The number of nitrogens with one attached hydrogen (secondary N) is 4. The molecular formula is C47H60N8O6. The number of rotatable bonds is 11. The molecule has 14 nitrogen and oxygen atoms in total. The van der Waals surface area contributed by atoms with Gasteiger partial charge >= 0.3 is 12.2 Å². The van der Waals surface area contributed by atoms with Crippen LogP contribution in [0.3, 0.4) is 0 Å². The molecule has 3 fully saturated rings. The number of H-pyrrole nitrogens is 2. The third kappa shape index (κ3) is 8.37. The van der Waals surface area contributed by atoms with Gasteiger partial charge in [0.2, 0.25) is 11.8 Å². The number of carbonyl (C=O) groups is 4. The Kier molecular flexibility index (Phi) is 12.0. The lowest BCUT2D eigenvalue weighted by molar-refractivity contribution is -0.136. The lowest BCUT2D eigenvalue weighted by Gasteiger charge is -2.30. The van der Waals surface area contributed by atoms with Gasteiger partial charge in [0.25, 0.3) is 0 Å². The van der Waals surface area contributed by atoms with Crippen LogP contribution in [0.5, 0.6) is 0 Å². The Bertz CT molecular complexity index is 2260. The molecule has 4 N–H and O–H groups in total. The summed E-state index contributed by atoms with van der Waals surface area (Å²) >= 11 is 0. The van der Waals surface area contributed by atoms with Crippen molar-refractivity contribution in [1.82, 2.24) is 40.4 Å². The maximum atomic E-state index is 13.9. The number of aromatic nitrogens is 4. The maximum Gasteiger partial charge on any atom is 0.407 e. The number of carbonyl (C=O) groups excluding carboxylic acids is 4. The number of amides is 4. The minimum atomic E-state index is -0.694. The van der Waals surface area contributed by atoms with Crippen LogP contribution in [0.1, 0.15) is 114 Å².